The molecule has 0 saturated heterocycles. The Bertz CT molecular complexity index is 1010. The quantitative estimate of drug-likeness (QED) is 0.630. The number of hydrogen-bond acceptors (Lipinski definition) is 4. The molecule has 0 amide bonds. The standard InChI is InChI=1S/C22H23N3O2/c1-27-22(26)17-9-8-16(12-18(17)14-4-2-3-5-14)25-11-10-19-21(25)24-20(13-23-19)15-6-7-15/h8-15H,2-7H2,1H3. The smallest absolute Gasteiger partial charge is 0.338 e. The average molecular weight is 361 g/mol. The van der Waals surface area contributed by atoms with E-state index in [9.17, 15) is 4.79 Å². The molecule has 138 valence electrons. The lowest BCUT2D eigenvalue weighted by Crippen LogP contribution is -2.09. The van der Waals surface area contributed by atoms with Crippen molar-refractivity contribution in [3.8, 4) is 5.69 Å². The van der Waals surface area contributed by atoms with E-state index in [1.54, 1.807) is 0 Å². The van der Waals surface area contributed by atoms with E-state index in [0.29, 0.717) is 17.4 Å². The Morgan fingerprint density at radius 2 is 1.93 bits per heavy atom. The minimum atomic E-state index is -0.253. The van der Waals surface area contributed by atoms with Gasteiger partial charge in [0, 0.05) is 24.0 Å². The number of carbonyl (C=O) groups is 1. The molecule has 2 heterocycles. The van der Waals surface area contributed by atoms with Crippen LogP contribution in [-0.4, -0.2) is 27.6 Å². The van der Waals surface area contributed by atoms with Crippen LogP contribution in [0.1, 0.15) is 72.0 Å². The third-order valence-electron chi connectivity index (χ3n) is 5.92. The molecular formula is C22H23N3O2. The molecule has 3 aromatic rings. The molecule has 2 aliphatic rings. The Morgan fingerprint density at radius 3 is 2.67 bits per heavy atom. The number of rotatable bonds is 4. The van der Waals surface area contributed by atoms with Gasteiger partial charge in [0.2, 0.25) is 0 Å². The van der Waals surface area contributed by atoms with E-state index in [1.165, 1.54) is 32.8 Å². The van der Waals surface area contributed by atoms with E-state index in [4.69, 9.17) is 9.72 Å². The fourth-order valence-electron chi connectivity index (χ4n) is 4.27. The van der Waals surface area contributed by atoms with Gasteiger partial charge in [-0.15, -0.1) is 0 Å². The summed E-state index contributed by atoms with van der Waals surface area (Å²) in [5.41, 5.74) is 5.70. The van der Waals surface area contributed by atoms with Crippen LogP contribution in [0, 0.1) is 0 Å². The first-order valence-electron chi connectivity index (χ1n) is 9.81. The molecule has 2 fully saturated rings. The van der Waals surface area contributed by atoms with Gasteiger partial charge in [0.25, 0.3) is 0 Å². The van der Waals surface area contributed by atoms with Crippen molar-refractivity contribution in [2.45, 2.75) is 50.4 Å². The number of ether oxygens (including phenoxy) is 1. The third-order valence-corrected chi connectivity index (χ3v) is 5.92. The highest BCUT2D eigenvalue weighted by Gasteiger charge is 2.27. The molecule has 0 spiro atoms. The molecule has 5 rings (SSSR count). The number of aromatic nitrogens is 3. The molecule has 0 unspecified atom stereocenters. The predicted octanol–water partition coefficient (Wildman–Crippen LogP) is 4.74. The number of methoxy groups -OCH3 is 1. The zero-order valence-corrected chi connectivity index (χ0v) is 15.5. The first kappa shape index (κ1) is 16.5. The van der Waals surface area contributed by atoms with Crippen molar-refractivity contribution in [1.82, 2.24) is 14.5 Å². The molecule has 5 heteroatoms. The second-order valence-electron chi connectivity index (χ2n) is 7.71. The van der Waals surface area contributed by atoms with Gasteiger partial charge in [-0.1, -0.05) is 12.8 Å². The van der Waals surface area contributed by atoms with Crippen LogP contribution >= 0.6 is 0 Å². The summed E-state index contributed by atoms with van der Waals surface area (Å²) in [4.78, 5) is 21.7. The Labute approximate surface area is 158 Å². The van der Waals surface area contributed by atoms with Crippen molar-refractivity contribution in [2.24, 2.45) is 0 Å². The van der Waals surface area contributed by atoms with Gasteiger partial charge in [0.15, 0.2) is 5.65 Å². The van der Waals surface area contributed by atoms with Gasteiger partial charge in [-0.3, -0.25) is 9.55 Å². The minimum Gasteiger partial charge on any atom is -0.465 e. The van der Waals surface area contributed by atoms with Crippen molar-refractivity contribution < 1.29 is 9.53 Å². The molecule has 0 radical (unpaired) electrons. The molecule has 27 heavy (non-hydrogen) atoms. The highest BCUT2D eigenvalue weighted by molar-refractivity contribution is 5.91. The highest BCUT2D eigenvalue weighted by atomic mass is 16.5. The third kappa shape index (κ3) is 2.91. The topological polar surface area (TPSA) is 57.0 Å². The van der Waals surface area contributed by atoms with E-state index in [-0.39, 0.29) is 5.97 Å². The zero-order chi connectivity index (χ0) is 18.4. The molecule has 5 nitrogen and oxygen atoms in total. The summed E-state index contributed by atoms with van der Waals surface area (Å²) in [5.74, 6) is 0.742. The van der Waals surface area contributed by atoms with E-state index in [1.807, 2.05) is 30.6 Å². The lowest BCUT2D eigenvalue weighted by atomic mass is 9.92. The summed E-state index contributed by atoms with van der Waals surface area (Å²) in [7, 11) is 1.45. The average Bonchev–Trinajstić information content (AvgIpc) is 3.25. The molecular weight excluding hydrogens is 338 g/mol. The van der Waals surface area contributed by atoms with Crippen molar-refractivity contribution in [3.63, 3.8) is 0 Å². The Balaban J connectivity index is 1.62. The molecule has 2 aromatic heterocycles. The van der Waals surface area contributed by atoms with E-state index in [2.05, 4.69) is 15.6 Å². The van der Waals surface area contributed by atoms with E-state index >= 15 is 0 Å². The van der Waals surface area contributed by atoms with Gasteiger partial charge in [-0.2, -0.15) is 0 Å². The number of carbonyl (C=O) groups excluding carboxylic acids is 1. The zero-order valence-electron chi connectivity index (χ0n) is 15.5. The fourth-order valence-corrected chi connectivity index (χ4v) is 4.27. The second kappa shape index (κ2) is 6.48. The first-order chi connectivity index (χ1) is 13.2. The summed E-state index contributed by atoms with van der Waals surface area (Å²) in [5, 5.41) is 0. The highest BCUT2D eigenvalue weighted by Crippen LogP contribution is 2.40. The Hall–Kier alpha value is -2.69. The SMILES string of the molecule is COC(=O)c1ccc(-n2ccc3ncc(C4CC4)nc32)cc1C1CCCC1. The van der Waals surface area contributed by atoms with Crippen molar-refractivity contribution in [1.29, 1.82) is 0 Å². The summed E-state index contributed by atoms with van der Waals surface area (Å²) >= 11 is 0. The molecule has 2 saturated carbocycles. The maximum atomic E-state index is 12.3. The Morgan fingerprint density at radius 1 is 1.11 bits per heavy atom. The molecule has 0 aliphatic heterocycles. The van der Waals surface area contributed by atoms with Gasteiger partial charge < -0.3 is 4.74 Å². The van der Waals surface area contributed by atoms with Crippen molar-refractivity contribution in [2.75, 3.05) is 7.11 Å². The molecule has 2 aliphatic carbocycles. The predicted molar refractivity (Wildman–Crippen MR) is 103 cm³/mol. The van der Waals surface area contributed by atoms with Crippen LogP contribution in [0.3, 0.4) is 0 Å². The van der Waals surface area contributed by atoms with Crippen LogP contribution in [0.5, 0.6) is 0 Å². The van der Waals surface area contributed by atoms with Crippen LogP contribution < -0.4 is 0 Å². The summed E-state index contributed by atoms with van der Waals surface area (Å²) in [6.07, 6.45) is 11.1. The van der Waals surface area contributed by atoms with E-state index < -0.39 is 0 Å². The van der Waals surface area contributed by atoms with E-state index in [0.717, 1.165) is 41.0 Å². The van der Waals surface area contributed by atoms with Gasteiger partial charge in [0.1, 0.15) is 5.52 Å². The van der Waals surface area contributed by atoms with Crippen LogP contribution in [0.25, 0.3) is 16.9 Å². The molecule has 0 atom stereocenters. The summed E-state index contributed by atoms with van der Waals surface area (Å²) in [6.45, 7) is 0. The fraction of sp³-hybridized carbons (Fsp3) is 0.409. The van der Waals surface area contributed by atoms with Crippen LogP contribution in [0.2, 0.25) is 0 Å². The lowest BCUT2D eigenvalue weighted by molar-refractivity contribution is 0.0599. The normalized spacial score (nSPS) is 17.5. The number of nitrogens with zero attached hydrogens (tertiary/aromatic N) is 3. The maximum Gasteiger partial charge on any atom is 0.338 e. The van der Waals surface area contributed by atoms with Gasteiger partial charge in [-0.05, 0) is 61.4 Å². The van der Waals surface area contributed by atoms with Crippen LogP contribution in [0.15, 0.2) is 36.7 Å². The number of hydrogen-bond donors (Lipinski definition) is 0. The van der Waals surface area contributed by atoms with Gasteiger partial charge in [0.05, 0.1) is 18.4 Å². The Kier molecular flexibility index (Phi) is 3.96. The van der Waals surface area contributed by atoms with Crippen LogP contribution in [-0.2, 0) is 4.74 Å². The summed E-state index contributed by atoms with van der Waals surface area (Å²) in [6, 6.07) is 8.03. The summed E-state index contributed by atoms with van der Waals surface area (Å²) < 4.78 is 7.11. The minimum absolute atomic E-state index is 0.253. The molecule has 1 aromatic carbocycles. The number of fused-ring (bicyclic) bond motifs is 1. The lowest BCUT2D eigenvalue weighted by Gasteiger charge is -2.16. The largest absolute Gasteiger partial charge is 0.465 e. The van der Waals surface area contributed by atoms with Crippen molar-refractivity contribution >= 4 is 17.1 Å². The molecule has 0 bridgehead atoms. The molecule has 0 N–H and O–H groups in total. The number of benzene rings is 1. The van der Waals surface area contributed by atoms with Gasteiger partial charge >= 0.3 is 5.97 Å². The van der Waals surface area contributed by atoms with Crippen LogP contribution in [0.4, 0.5) is 0 Å². The number of esters is 1. The van der Waals surface area contributed by atoms with Crippen molar-refractivity contribution in [3.05, 3.63) is 53.5 Å². The first-order valence-corrected chi connectivity index (χ1v) is 9.81. The maximum absolute atomic E-state index is 12.3. The second-order valence-corrected chi connectivity index (χ2v) is 7.71. The van der Waals surface area contributed by atoms with Gasteiger partial charge in [-0.25, -0.2) is 9.78 Å². The monoisotopic (exact) mass is 361 g/mol.